The largest absolute Gasteiger partial charge is 0.480 e. The van der Waals surface area contributed by atoms with Crippen molar-refractivity contribution in [3.05, 3.63) is 0 Å². The Labute approximate surface area is 83.3 Å². The number of hydrogen-bond acceptors (Lipinski definition) is 3. The molecule has 0 aromatic rings. The van der Waals surface area contributed by atoms with Gasteiger partial charge < -0.3 is 15.1 Å². The zero-order chi connectivity index (χ0) is 11.5. The van der Waals surface area contributed by atoms with Crippen LogP contribution in [0.1, 0.15) is 20.8 Å². The normalized spacial score (nSPS) is 13.5. The molecule has 0 fully saturated rings. The second-order valence-electron chi connectivity index (χ2n) is 3.96. The van der Waals surface area contributed by atoms with Gasteiger partial charge in [-0.3, -0.25) is 9.59 Å². The number of aliphatic hydroxyl groups excluding tert-OH is 1. The van der Waals surface area contributed by atoms with Gasteiger partial charge in [0.05, 0.1) is 6.10 Å². The van der Waals surface area contributed by atoms with E-state index >= 15 is 0 Å². The van der Waals surface area contributed by atoms with E-state index in [1.54, 1.807) is 0 Å². The molecule has 14 heavy (non-hydrogen) atoms. The summed E-state index contributed by atoms with van der Waals surface area (Å²) in [4.78, 5) is 23.5. The summed E-state index contributed by atoms with van der Waals surface area (Å²) in [5.74, 6) is -1.68. The number of amides is 1. The van der Waals surface area contributed by atoms with Crippen molar-refractivity contribution in [2.24, 2.45) is 5.41 Å². The predicted octanol–water partition coefficient (Wildman–Crippen LogP) is -0.0636. The maximum absolute atomic E-state index is 11.6. The van der Waals surface area contributed by atoms with Gasteiger partial charge in [-0.05, 0) is 20.8 Å². The second kappa shape index (κ2) is 4.41. The molecule has 0 spiro atoms. The van der Waals surface area contributed by atoms with Gasteiger partial charge in [-0.1, -0.05) is 0 Å². The molecule has 0 aliphatic carbocycles. The maximum Gasteiger partial charge on any atom is 0.318 e. The van der Waals surface area contributed by atoms with Crippen molar-refractivity contribution in [2.45, 2.75) is 26.9 Å². The molecule has 2 N–H and O–H groups in total. The number of carbonyl (C=O) groups is 2. The topological polar surface area (TPSA) is 77.8 Å². The monoisotopic (exact) mass is 203 g/mol. The molecule has 0 aromatic heterocycles. The fourth-order valence-electron chi connectivity index (χ4n) is 1.05. The van der Waals surface area contributed by atoms with Gasteiger partial charge in [-0.15, -0.1) is 0 Å². The molecule has 0 bridgehead atoms. The van der Waals surface area contributed by atoms with Crippen LogP contribution in [0.5, 0.6) is 0 Å². The molecule has 1 atom stereocenters. The van der Waals surface area contributed by atoms with Gasteiger partial charge in [0.15, 0.2) is 0 Å². The highest BCUT2D eigenvalue weighted by atomic mass is 16.4. The first-order valence-corrected chi connectivity index (χ1v) is 4.36. The lowest BCUT2D eigenvalue weighted by molar-refractivity contribution is -0.158. The van der Waals surface area contributed by atoms with E-state index in [0.717, 1.165) is 0 Å². The van der Waals surface area contributed by atoms with Crippen molar-refractivity contribution in [2.75, 3.05) is 13.6 Å². The third kappa shape index (κ3) is 2.99. The molecule has 5 heteroatoms. The van der Waals surface area contributed by atoms with Gasteiger partial charge in [0.1, 0.15) is 5.41 Å². The molecule has 0 heterocycles. The van der Waals surface area contributed by atoms with Gasteiger partial charge in [0.2, 0.25) is 5.91 Å². The number of carboxylic acids is 1. The number of rotatable bonds is 4. The molecule has 0 aliphatic rings. The molecule has 0 saturated carbocycles. The molecule has 0 aliphatic heterocycles. The number of carbonyl (C=O) groups excluding carboxylic acids is 1. The Balaban J connectivity index is 4.53. The number of aliphatic hydroxyl groups is 1. The van der Waals surface area contributed by atoms with Crippen LogP contribution in [-0.2, 0) is 9.59 Å². The summed E-state index contributed by atoms with van der Waals surface area (Å²) in [6.07, 6.45) is -0.659. The Morgan fingerprint density at radius 2 is 1.86 bits per heavy atom. The molecule has 1 amide bonds. The zero-order valence-corrected chi connectivity index (χ0v) is 8.94. The smallest absolute Gasteiger partial charge is 0.318 e. The minimum atomic E-state index is -1.44. The van der Waals surface area contributed by atoms with Gasteiger partial charge >= 0.3 is 5.97 Å². The Hall–Kier alpha value is -1.10. The van der Waals surface area contributed by atoms with Crippen LogP contribution in [0.4, 0.5) is 0 Å². The third-order valence-corrected chi connectivity index (χ3v) is 1.95. The molecular weight excluding hydrogens is 186 g/mol. The van der Waals surface area contributed by atoms with Crippen molar-refractivity contribution in [1.82, 2.24) is 4.90 Å². The van der Waals surface area contributed by atoms with E-state index in [9.17, 15) is 9.59 Å². The number of hydrogen-bond donors (Lipinski definition) is 2. The first kappa shape index (κ1) is 12.9. The number of aliphatic carboxylic acids is 1. The average Bonchev–Trinajstić information content (AvgIpc) is 2.01. The standard InChI is InChI=1S/C9H17NO4/c1-6(11)5-10(4)7(12)9(2,3)8(13)14/h6,11H,5H2,1-4H3,(H,13,14). The van der Waals surface area contributed by atoms with Crippen molar-refractivity contribution in [3.8, 4) is 0 Å². The van der Waals surface area contributed by atoms with Crippen molar-refractivity contribution in [3.63, 3.8) is 0 Å². The van der Waals surface area contributed by atoms with Crippen LogP contribution >= 0.6 is 0 Å². The van der Waals surface area contributed by atoms with E-state index in [2.05, 4.69) is 0 Å². The Morgan fingerprint density at radius 3 is 2.14 bits per heavy atom. The summed E-state index contributed by atoms with van der Waals surface area (Å²) < 4.78 is 0. The third-order valence-electron chi connectivity index (χ3n) is 1.95. The second-order valence-corrected chi connectivity index (χ2v) is 3.96. The highest BCUT2D eigenvalue weighted by Crippen LogP contribution is 2.18. The lowest BCUT2D eigenvalue weighted by Crippen LogP contribution is -2.45. The van der Waals surface area contributed by atoms with Crippen LogP contribution in [0.2, 0.25) is 0 Å². The Bertz CT molecular complexity index is 235. The molecule has 0 aromatic carbocycles. The van der Waals surface area contributed by atoms with E-state index in [4.69, 9.17) is 10.2 Å². The molecular formula is C9H17NO4. The van der Waals surface area contributed by atoms with Crippen LogP contribution in [-0.4, -0.2) is 46.7 Å². The van der Waals surface area contributed by atoms with Crippen LogP contribution < -0.4 is 0 Å². The molecule has 5 nitrogen and oxygen atoms in total. The van der Waals surface area contributed by atoms with Crippen LogP contribution in [0, 0.1) is 5.41 Å². The fraction of sp³-hybridized carbons (Fsp3) is 0.778. The minimum absolute atomic E-state index is 0.134. The first-order valence-electron chi connectivity index (χ1n) is 4.36. The number of carboxylic acid groups (broad SMARTS) is 1. The van der Waals surface area contributed by atoms with E-state index in [1.807, 2.05) is 0 Å². The van der Waals surface area contributed by atoms with E-state index < -0.39 is 23.4 Å². The van der Waals surface area contributed by atoms with Crippen LogP contribution in [0.3, 0.4) is 0 Å². The fourth-order valence-corrected chi connectivity index (χ4v) is 1.05. The molecule has 82 valence electrons. The first-order chi connectivity index (χ1) is 6.19. The van der Waals surface area contributed by atoms with Crippen molar-refractivity contribution < 1.29 is 19.8 Å². The maximum atomic E-state index is 11.6. The van der Waals surface area contributed by atoms with Crippen molar-refractivity contribution >= 4 is 11.9 Å². The van der Waals surface area contributed by atoms with Gasteiger partial charge in [0.25, 0.3) is 0 Å². The Kier molecular flexibility index (Phi) is 4.07. The molecule has 0 saturated heterocycles. The summed E-state index contributed by atoms with van der Waals surface area (Å²) in [6.45, 7) is 4.36. The summed E-state index contributed by atoms with van der Waals surface area (Å²) in [5.41, 5.74) is -1.44. The average molecular weight is 203 g/mol. The zero-order valence-electron chi connectivity index (χ0n) is 8.94. The summed E-state index contributed by atoms with van der Waals surface area (Å²) in [6, 6.07) is 0. The van der Waals surface area contributed by atoms with Gasteiger partial charge in [-0.2, -0.15) is 0 Å². The SMILES string of the molecule is CC(O)CN(C)C(=O)C(C)(C)C(=O)O. The van der Waals surface area contributed by atoms with Gasteiger partial charge in [0, 0.05) is 13.6 Å². The lowest BCUT2D eigenvalue weighted by atomic mass is 9.92. The molecule has 1 unspecified atom stereocenters. The Morgan fingerprint density at radius 1 is 1.43 bits per heavy atom. The van der Waals surface area contributed by atoms with Gasteiger partial charge in [-0.25, -0.2) is 0 Å². The summed E-state index contributed by atoms with van der Waals surface area (Å²) in [7, 11) is 1.47. The molecule has 0 rings (SSSR count). The molecule has 0 radical (unpaired) electrons. The van der Waals surface area contributed by atoms with Crippen LogP contribution in [0.15, 0.2) is 0 Å². The predicted molar refractivity (Wildman–Crippen MR) is 50.7 cm³/mol. The lowest BCUT2D eigenvalue weighted by Gasteiger charge is -2.26. The highest BCUT2D eigenvalue weighted by Gasteiger charge is 2.38. The summed E-state index contributed by atoms with van der Waals surface area (Å²) >= 11 is 0. The quantitative estimate of drug-likeness (QED) is 0.627. The van der Waals surface area contributed by atoms with Crippen LogP contribution in [0.25, 0.3) is 0 Å². The van der Waals surface area contributed by atoms with E-state index in [1.165, 1.54) is 32.7 Å². The minimum Gasteiger partial charge on any atom is -0.480 e. The van der Waals surface area contributed by atoms with E-state index in [0.29, 0.717) is 0 Å². The highest BCUT2D eigenvalue weighted by molar-refractivity contribution is 6.00. The summed E-state index contributed by atoms with van der Waals surface area (Å²) in [5, 5.41) is 17.8. The van der Waals surface area contributed by atoms with Crippen molar-refractivity contribution in [1.29, 1.82) is 0 Å². The number of likely N-dealkylation sites (N-methyl/N-ethyl adjacent to an activating group) is 1. The van der Waals surface area contributed by atoms with E-state index in [-0.39, 0.29) is 6.54 Å². The number of nitrogens with zero attached hydrogens (tertiary/aromatic N) is 1.